The highest BCUT2D eigenvalue weighted by Crippen LogP contribution is 2.58. The average molecular weight is 571 g/mol. The third kappa shape index (κ3) is 7.51. The fourth-order valence-electron chi connectivity index (χ4n) is 5.21. The van der Waals surface area contributed by atoms with Crippen molar-refractivity contribution in [3.8, 4) is 5.75 Å². The largest absolute Gasteiger partial charge is 0.478 e. The molecule has 1 aliphatic carbocycles. The molecular formula is C33H30O9. The second-order valence-electron chi connectivity index (χ2n) is 9.91. The number of Topliss-reactive ketones (excluding diaryl/α,β-unsaturated/α-hetero) is 2. The number of hydrogen-bond donors (Lipinski definition) is 2. The number of hydrogen-bond acceptors (Lipinski definition) is 7. The van der Waals surface area contributed by atoms with E-state index in [4.69, 9.17) is 14.9 Å². The molecule has 9 nitrogen and oxygen atoms in total. The third-order valence-corrected chi connectivity index (χ3v) is 7.15. The standard InChI is InChI=1S/C22H20O6.C11H10O3/c1-12(24)18-19(13(2)25)21(15-7-9-17(10-8-15)28-11-23)20(18)14-3-5-16(6-4-14)22(26)27;1-8(12)2-3-9-4-6-10(7-5-9)11(13)14/h3-11,18-21H,1-2H3,(H,26,27);2-7H,1H3,(H,13,14)/b;3-2+/t18-,19?,20+,21-;/m1./s1. The van der Waals surface area contributed by atoms with Crippen LogP contribution in [-0.4, -0.2) is 46.0 Å². The first kappa shape index (κ1) is 31.3. The summed E-state index contributed by atoms with van der Waals surface area (Å²) in [4.78, 5) is 67.3. The molecule has 3 aromatic rings. The van der Waals surface area contributed by atoms with E-state index in [1.54, 1.807) is 54.6 Å². The molecular weight excluding hydrogens is 540 g/mol. The molecule has 4 atom stereocenters. The molecule has 0 aliphatic heterocycles. The van der Waals surface area contributed by atoms with Crippen LogP contribution in [0.5, 0.6) is 5.75 Å². The molecule has 42 heavy (non-hydrogen) atoms. The van der Waals surface area contributed by atoms with Crippen LogP contribution in [0, 0.1) is 11.8 Å². The van der Waals surface area contributed by atoms with Gasteiger partial charge in [0.05, 0.1) is 11.1 Å². The molecule has 1 unspecified atom stereocenters. The van der Waals surface area contributed by atoms with Crippen LogP contribution in [0.15, 0.2) is 78.9 Å². The van der Waals surface area contributed by atoms with Gasteiger partial charge in [0.25, 0.3) is 6.47 Å². The van der Waals surface area contributed by atoms with Gasteiger partial charge in [-0.2, -0.15) is 0 Å². The molecule has 1 aliphatic rings. The summed E-state index contributed by atoms with van der Waals surface area (Å²) >= 11 is 0. The van der Waals surface area contributed by atoms with Crippen molar-refractivity contribution in [2.75, 3.05) is 0 Å². The van der Waals surface area contributed by atoms with Crippen molar-refractivity contribution in [1.82, 2.24) is 0 Å². The fraction of sp³-hybridized carbons (Fsp3) is 0.212. The van der Waals surface area contributed by atoms with Crippen molar-refractivity contribution in [3.63, 3.8) is 0 Å². The number of aromatic carboxylic acids is 2. The predicted octanol–water partition coefficient (Wildman–Crippen LogP) is 5.20. The van der Waals surface area contributed by atoms with Crippen molar-refractivity contribution in [2.24, 2.45) is 11.8 Å². The van der Waals surface area contributed by atoms with Gasteiger partial charge in [0.15, 0.2) is 5.78 Å². The maximum Gasteiger partial charge on any atom is 0.335 e. The van der Waals surface area contributed by atoms with Crippen molar-refractivity contribution >= 4 is 41.8 Å². The van der Waals surface area contributed by atoms with E-state index in [0.29, 0.717) is 12.2 Å². The summed E-state index contributed by atoms with van der Waals surface area (Å²) in [7, 11) is 0. The van der Waals surface area contributed by atoms with Gasteiger partial charge in [0.1, 0.15) is 17.3 Å². The van der Waals surface area contributed by atoms with Gasteiger partial charge in [0.2, 0.25) is 0 Å². The normalized spacial score (nSPS) is 19.0. The summed E-state index contributed by atoms with van der Waals surface area (Å²) in [5.41, 5.74) is 2.90. The summed E-state index contributed by atoms with van der Waals surface area (Å²) in [6, 6.07) is 19.6. The fourth-order valence-corrected chi connectivity index (χ4v) is 5.21. The van der Waals surface area contributed by atoms with Crippen LogP contribution >= 0.6 is 0 Å². The van der Waals surface area contributed by atoms with Crippen LogP contribution in [0.4, 0.5) is 0 Å². The molecule has 0 saturated heterocycles. The van der Waals surface area contributed by atoms with E-state index in [0.717, 1.165) is 16.7 Å². The Balaban J connectivity index is 0.000000291. The Bertz CT molecular complexity index is 1500. The number of carbonyl (C=O) groups excluding carboxylic acids is 4. The summed E-state index contributed by atoms with van der Waals surface area (Å²) < 4.78 is 4.82. The predicted molar refractivity (Wildman–Crippen MR) is 153 cm³/mol. The van der Waals surface area contributed by atoms with Crippen molar-refractivity contribution in [3.05, 3.63) is 107 Å². The van der Waals surface area contributed by atoms with E-state index in [1.807, 2.05) is 0 Å². The van der Waals surface area contributed by atoms with E-state index in [2.05, 4.69) is 0 Å². The Hall–Kier alpha value is -5.18. The van der Waals surface area contributed by atoms with Gasteiger partial charge in [-0.15, -0.1) is 0 Å². The van der Waals surface area contributed by atoms with Crippen LogP contribution in [0.1, 0.15) is 70.0 Å². The highest BCUT2D eigenvalue weighted by molar-refractivity contribution is 5.93. The maximum absolute atomic E-state index is 12.3. The van der Waals surface area contributed by atoms with Crippen LogP contribution in [-0.2, 0) is 19.2 Å². The Labute approximate surface area is 242 Å². The molecule has 216 valence electrons. The molecule has 0 radical (unpaired) electrons. The number of carbonyl (C=O) groups is 6. The Morgan fingerprint density at radius 3 is 1.40 bits per heavy atom. The van der Waals surface area contributed by atoms with Crippen molar-refractivity contribution < 1.29 is 43.7 Å². The quantitative estimate of drug-likeness (QED) is 0.247. The summed E-state index contributed by atoms with van der Waals surface area (Å²) in [5, 5.41) is 17.7. The van der Waals surface area contributed by atoms with Crippen LogP contribution in [0.25, 0.3) is 6.08 Å². The molecule has 3 aromatic carbocycles. The van der Waals surface area contributed by atoms with Gasteiger partial charge in [0, 0.05) is 23.7 Å². The summed E-state index contributed by atoms with van der Waals surface area (Å²) in [6.07, 6.45) is 3.09. The SMILES string of the molecule is CC(=O)/C=C/c1ccc(C(=O)O)cc1.CC(=O)C1[C@@H](C(C)=O)[C@H](c2ccc(C(=O)O)cc2)[C@@H]1c1ccc(OC=O)cc1. The Kier molecular flexibility index (Phi) is 10.4. The highest BCUT2D eigenvalue weighted by Gasteiger charge is 2.55. The number of carboxylic acid groups (broad SMARTS) is 2. The zero-order valence-corrected chi connectivity index (χ0v) is 23.2. The molecule has 9 heteroatoms. The van der Waals surface area contributed by atoms with E-state index in [1.165, 1.54) is 51.1 Å². The molecule has 1 fully saturated rings. The van der Waals surface area contributed by atoms with Gasteiger partial charge in [-0.25, -0.2) is 9.59 Å². The molecule has 0 bridgehead atoms. The Morgan fingerprint density at radius 2 is 1.05 bits per heavy atom. The van der Waals surface area contributed by atoms with E-state index < -0.39 is 23.8 Å². The molecule has 2 N–H and O–H groups in total. The first-order valence-corrected chi connectivity index (χ1v) is 13.0. The minimum atomic E-state index is -1.02. The summed E-state index contributed by atoms with van der Waals surface area (Å²) in [6.45, 7) is 4.77. The number of benzene rings is 3. The minimum absolute atomic E-state index is 0.0349. The number of carboxylic acids is 2. The van der Waals surface area contributed by atoms with Gasteiger partial charge >= 0.3 is 11.9 Å². The second kappa shape index (κ2) is 13.9. The van der Waals surface area contributed by atoms with Crippen LogP contribution in [0.3, 0.4) is 0 Å². The molecule has 0 amide bonds. The highest BCUT2D eigenvalue weighted by atomic mass is 16.5. The van der Waals surface area contributed by atoms with Crippen molar-refractivity contribution in [1.29, 1.82) is 0 Å². The average Bonchev–Trinajstić information content (AvgIpc) is 2.93. The third-order valence-electron chi connectivity index (χ3n) is 7.15. The van der Waals surface area contributed by atoms with Crippen LogP contribution < -0.4 is 4.74 Å². The number of allylic oxidation sites excluding steroid dienone is 1. The number of ketones is 3. The zero-order chi connectivity index (χ0) is 31.0. The van der Waals surface area contributed by atoms with Gasteiger partial charge in [-0.1, -0.05) is 42.5 Å². The van der Waals surface area contributed by atoms with Crippen molar-refractivity contribution in [2.45, 2.75) is 32.6 Å². The lowest BCUT2D eigenvalue weighted by Gasteiger charge is -2.50. The first-order chi connectivity index (χ1) is 19.9. The topological polar surface area (TPSA) is 152 Å². The molecule has 1 saturated carbocycles. The van der Waals surface area contributed by atoms with Gasteiger partial charge in [-0.3, -0.25) is 19.2 Å². The molecule has 0 aromatic heterocycles. The molecule has 0 heterocycles. The van der Waals surface area contributed by atoms with E-state index in [-0.39, 0.29) is 40.3 Å². The zero-order valence-electron chi connectivity index (χ0n) is 23.2. The first-order valence-electron chi connectivity index (χ1n) is 13.0. The molecule has 4 rings (SSSR count). The lowest BCUT2D eigenvalue weighted by atomic mass is 9.50. The minimum Gasteiger partial charge on any atom is -0.478 e. The van der Waals surface area contributed by atoms with E-state index >= 15 is 0 Å². The smallest absolute Gasteiger partial charge is 0.335 e. The van der Waals surface area contributed by atoms with E-state index in [9.17, 15) is 28.8 Å². The van der Waals surface area contributed by atoms with Gasteiger partial charge < -0.3 is 14.9 Å². The second-order valence-corrected chi connectivity index (χ2v) is 9.91. The summed E-state index contributed by atoms with van der Waals surface area (Å²) in [5.74, 6) is -3.08. The molecule has 0 spiro atoms. The number of ether oxygens (including phenoxy) is 1. The monoisotopic (exact) mass is 570 g/mol. The maximum atomic E-state index is 12.3. The van der Waals surface area contributed by atoms with Gasteiger partial charge in [-0.05, 0) is 79.9 Å². The lowest BCUT2D eigenvalue weighted by Crippen LogP contribution is -2.50. The number of rotatable bonds is 10. The van der Waals surface area contributed by atoms with Crippen LogP contribution in [0.2, 0.25) is 0 Å². The Morgan fingerprint density at radius 1 is 0.643 bits per heavy atom. The lowest BCUT2D eigenvalue weighted by molar-refractivity contribution is -0.139.